The first-order valence-electron chi connectivity index (χ1n) is 11.2. The van der Waals surface area contributed by atoms with Gasteiger partial charge in [-0.15, -0.1) is 0 Å². The molecule has 2 heterocycles. The Kier molecular flexibility index (Phi) is 4.24. The Morgan fingerprint density at radius 1 is 0.606 bits per heavy atom. The Labute approximate surface area is 190 Å². The number of aromatic nitrogens is 1. The molecule has 6 rings (SSSR count). The predicted molar refractivity (Wildman–Crippen MR) is 137 cm³/mol. The standard InChI is InChI=1S/C29H22N2O2/c1-18(2)30(19-9-4-3-5-10-19)20-15-16-22-26(17-20)31-25-14-7-6-11-21(25)28(32)23-12-8-13-24(27(23)31)29(22)33/h3-18H,1-2H3. The zero-order valence-corrected chi connectivity index (χ0v) is 18.4. The number of para-hydroxylation sites is 3. The molecular formula is C29H22N2O2. The largest absolute Gasteiger partial charge is 0.339 e. The van der Waals surface area contributed by atoms with Crippen LogP contribution in [0.2, 0.25) is 0 Å². The summed E-state index contributed by atoms with van der Waals surface area (Å²) in [7, 11) is 0. The number of benzene rings is 4. The van der Waals surface area contributed by atoms with Crippen LogP contribution < -0.4 is 15.8 Å². The molecule has 4 aromatic carbocycles. The van der Waals surface area contributed by atoms with Gasteiger partial charge in [0.2, 0.25) is 0 Å². The van der Waals surface area contributed by atoms with Crippen molar-refractivity contribution in [3.8, 4) is 0 Å². The molecule has 0 saturated carbocycles. The van der Waals surface area contributed by atoms with Crippen LogP contribution in [0, 0.1) is 0 Å². The molecule has 33 heavy (non-hydrogen) atoms. The first-order chi connectivity index (χ1) is 16.1. The SMILES string of the molecule is CC(C)N(c1ccccc1)c1ccc2c(=O)c3cccc4c(=O)c5ccccc5n(c2c1)c43. The molecule has 0 atom stereocenters. The highest BCUT2D eigenvalue weighted by Gasteiger charge is 2.19. The van der Waals surface area contributed by atoms with E-state index in [2.05, 4.69) is 41.3 Å². The molecule has 0 aliphatic heterocycles. The van der Waals surface area contributed by atoms with E-state index < -0.39 is 0 Å². The summed E-state index contributed by atoms with van der Waals surface area (Å²) < 4.78 is 2.09. The highest BCUT2D eigenvalue weighted by Crippen LogP contribution is 2.32. The van der Waals surface area contributed by atoms with Gasteiger partial charge in [-0.05, 0) is 68.4 Å². The lowest BCUT2D eigenvalue weighted by Gasteiger charge is -2.29. The van der Waals surface area contributed by atoms with E-state index in [4.69, 9.17) is 0 Å². The minimum Gasteiger partial charge on any atom is -0.339 e. The summed E-state index contributed by atoms with van der Waals surface area (Å²) in [6.07, 6.45) is 0. The van der Waals surface area contributed by atoms with Gasteiger partial charge in [-0.2, -0.15) is 0 Å². The summed E-state index contributed by atoms with van der Waals surface area (Å²) >= 11 is 0. The van der Waals surface area contributed by atoms with Gasteiger partial charge in [0.1, 0.15) is 0 Å². The second-order valence-corrected chi connectivity index (χ2v) is 8.71. The average Bonchev–Trinajstić information content (AvgIpc) is 2.84. The number of pyridine rings is 2. The van der Waals surface area contributed by atoms with Crippen LogP contribution in [0.5, 0.6) is 0 Å². The van der Waals surface area contributed by atoms with Crippen molar-refractivity contribution >= 4 is 49.5 Å². The molecule has 0 spiro atoms. The zero-order chi connectivity index (χ0) is 22.7. The minimum absolute atomic E-state index is 0.0424. The quantitative estimate of drug-likeness (QED) is 0.251. The third-order valence-corrected chi connectivity index (χ3v) is 6.43. The van der Waals surface area contributed by atoms with Crippen LogP contribution in [-0.2, 0) is 0 Å². The van der Waals surface area contributed by atoms with Crippen LogP contribution in [0.25, 0.3) is 38.1 Å². The maximum atomic E-state index is 13.5. The molecule has 2 aromatic heterocycles. The van der Waals surface area contributed by atoms with E-state index in [1.54, 1.807) is 6.07 Å². The van der Waals surface area contributed by atoms with E-state index in [1.807, 2.05) is 66.7 Å². The van der Waals surface area contributed by atoms with Gasteiger partial charge in [0.15, 0.2) is 10.9 Å². The van der Waals surface area contributed by atoms with Gasteiger partial charge in [0, 0.05) is 39.0 Å². The first-order valence-corrected chi connectivity index (χ1v) is 11.2. The predicted octanol–water partition coefficient (Wildman–Crippen LogP) is 6.10. The first kappa shape index (κ1) is 19.5. The number of nitrogens with zero attached hydrogens (tertiary/aromatic N) is 2. The van der Waals surface area contributed by atoms with Crippen molar-refractivity contribution in [2.24, 2.45) is 0 Å². The second-order valence-electron chi connectivity index (χ2n) is 8.71. The summed E-state index contributed by atoms with van der Waals surface area (Å²) in [4.78, 5) is 29.0. The fourth-order valence-electron chi connectivity index (χ4n) is 5.05. The lowest BCUT2D eigenvalue weighted by Crippen LogP contribution is -2.25. The van der Waals surface area contributed by atoms with Crippen molar-refractivity contribution in [1.82, 2.24) is 4.40 Å². The zero-order valence-electron chi connectivity index (χ0n) is 18.4. The number of fused-ring (bicyclic) bond motifs is 4. The molecule has 0 fully saturated rings. The van der Waals surface area contributed by atoms with Crippen LogP contribution in [-0.4, -0.2) is 10.4 Å². The number of anilines is 2. The van der Waals surface area contributed by atoms with E-state index in [-0.39, 0.29) is 16.9 Å². The Bertz CT molecular complexity index is 1770. The van der Waals surface area contributed by atoms with Crippen LogP contribution in [0.3, 0.4) is 0 Å². The van der Waals surface area contributed by atoms with Crippen molar-refractivity contribution in [2.45, 2.75) is 19.9 Å². The average molecular weight is 431 g/mol. The summed E-state index contributed by atoms with van der Waals surface area (Å²) in [6, 6.07) is 29.5. The lowest BCUT2D eigenvalue weighted by atomic mass is 10.0. The van der Waals surface area contributed by atoms with Gasteiger partial charge in [-0.1, -0.05) is 36.4 Å². The fraction of sp³-hybridized carbons (Fsp3) is 0.103. The van der Waals surface area contributed by atoms with E-state index in [1.165, 1.54) is 0 Å². The smallest absolute Gasteiger partial charge is 0.197 e. The monoisotopic (exact) mass is 430 g/mol. The van der Waals surface area contributed by atoms with E-state index in [0.717, 1.165) is 22.4 Å². The lowest BCUT2D eigenvalue weighted by molar-refractivity contribution is 0.789. The Balaban J connectivity index is 1.82. The topological polar surface area (TPSA) is 41.8 Å². The molecule has 160 valence electrons. The summed E-state index contributed by atoms with van der Waals surface area (Å²) in [5.74, 6) is 0. The van der Waals surface area contributed by atoms with Crippen LogP contribution in [0.4, 0.5) is 11.4 Å². The van der Waals surface area contributed by atoms with Crippen molar-refractivity contribution < 1.29 is 0 Å². The summed E-state index contributed by atoms with van der Waals surface area (Å²) in [6.45, 7) is 4.31. The van der Waals surface area contributed by atoms with Gasteiger partial charge >= 0.3 is 0 Å². The second kappa shape index (κ2) is 7.17. The molecule has 0 aliphatic carbocycles. The molecule has 4 nitrogen and oxygen atoms in total. The Hall–Kier alpha value is -4.18. The number of hydrogen-bond donors (Lipinski definition) is 0. The highest BCUT2D eigenvalue weighted by molar-refractivity contribution is 6.08. The molecule has 0 bridgehead atoms. The van der Waals surface area contributed by atoms with Crippen LogP contribution >= 0.6 is 0 Å². The van der Waals surface area contributed by atoms with Gasteiger partial charge in [0.05, 0.1) is 16.6 Å². The van der Waals surface area contributed by atoms with Crippen molar-refractivity contribution in [3.05, 3.63) is 111 Å². The van der Waals surface area contributed by atoms with E-state index in [0.29, 0.717) is 27.1 Å². The molecule has 0 radical (unpaired) electrons. The summed E-state index contributed by atoms with van der Waals surface area (Å²) in [5, 5.41) is 2.43. The van der Waals surface area contributed by atoms with Gasteiger partial charge < -0.3 is 9.30 Å². The molecule has 6 aromatic rings. The number of hydrogen-bond acceptors (Lipinski definition) is 3. The molecule has 0 saturated heterocycles. The van der Waals surface area contributed by atoms with Gasteiger partial charge in [-0.25, -0.2) is 0 Å². The van der Waals surface area contributed by atoms with Crippen LogP contribution in [0.15, 0.2) is 101 Å². The Morgan fingerprint density at radius 3 is 1.91 bits per heavy atom. The van der Waals surface area contributed by atoms with Crippen LogP contribution in [0.1, 0.15) is 13.8 Å². The molecule has 4 heteroatoms. The van der Waals surface area contributed by atoms with Crippen molar-refractivity contribution in [2.75, 3.05) is 4.90 Å². The maximum Gasteiger partial charge on any atom is 0.197 e. The normalized spacial score (nSPS) is 11.8. The molecule has 0 N–H and O–H groups in total. The molecule has 0 amide bonds. The number of rotatable bonds is 3. The fourth-order valence-corrected chi connectivity index (χ4v) is 5.05. The molecule has 0 aliphatic rings. The highest BCUT2D eigenvalue weighted by atomic mass is 16.1. The maximum absolute atomic E-state index is 13.5. The van der Waals surface area contributed by atoms with E-state index >= 15 is 0 Å². The van der Waals surface area contributed by atoms with Crippen molar-refractivity contribution in [3.63, 3.8) is 0 Å². The minimum atomic E-state index is -0.0485. The third kappa shape index (κ3) is 2.77. The third-order valence-electron chi connectivity index (χ3n) is 6.43. The van der Waals surface area contributed by atoms with Crippen molar-refractivity contribution in [1.29, 1.82) is 0 Å². The molecular weight excluding hydrogens is 408 g/mol. The summed E-state index contributed by atoms with van der Waals surface area (Å²) in [5.41, 5.74) is 4.30. The molecule has 0 unspecified atom stereocenters. The van der Waals surface area contributed by atoms with Gasteiger partial charge in [0.25, 0.3) is 0 Å². The van der Waals surface area contributed by atoms with Gasteiger partial charge in [-0.3, -0.25) is 9.59 Å². The Morgan fingerprint density at radius 2 is 1.21 bits per heavy atom. The van der Waals surface area contributed by atoms with E-state index in [9.17, 15) is 9.59 Å².